The first kappa shape index (κ1) is 24.5. The van der Waals surface area contributed by atoms with Crippen LogP contribution in [-0.2, 0) is 10.2 Å². The van der Waals surface area contributed by atoms with Crippen molar-refractivity contribution in [1.82, 2.24) is 15.1 Å². The van der Waals surface area contributed by atoms with E-state index in [1.807, 2.05) is 17.0 Å². The van der Waals surface area contributed by atoms with Crippen molar-refractivity contribution in [2.24, 2.45) is 4.99 Å². The predicted octanol–water partition coefficient (Wildman–Crippen LogP) is 3.11. The van der Waals surface area contributed by atoms with Crippen LogP contribution in [0.3, 0.4) is 0 Å². The first-order valence-corrected chi connectivity index (χ1v) is 9.83. The molecule has 0 atom stereocenters. The lowest BCUT2D eigenvalue weighted by molar-refractivity contribution is -0.130. The summed E-state index contributed by atoms with van der Waals surface area (Å²) in [6.07, 6.45) is 0. The minimum atomic E-state index is 0. The van der Waals surface area contributed by atoms with Crippen molar-refractivity contribution in [3.63, 3.8) is 0 Å². The SMILES string of the molecule is CCNC(=NCCOc1cccc(C(C)(C)C)c1)N1CCN(C(C)=O)CC1.I. The van der Waals surface area contributed by atoms with Gasteiger partial charge in [0.15, 0.2) is 5.96 Å². The van der Waals surface area contributed by atoms with E-state index in [1.54, 1.807) is 6.92 Å². The number of hydrogen-bond donors (Lipinski definition) is 1. The molecular formula is C21H35IN4O2. The van der Waals surface area contributed by atoms with E-state index in [0.717, 1.165) is 44.4 Å². The van der Waals surface area contributed by atoms with E-state index >= 15 is 0 Å². The van der Waals surface area contributed by atoms with Gasteiger partial charge >= 0.3 is 0 Å². The molecule has 1 aromatic carbocycles. The van der Waals surface area contributed by atoms with Crippen molar-refractivity contribution < 1.29 is 9.53 Å². The van der Waals surface area contributed by atoms with E-state index in [4.69, 9.17) is 9.73 Å². The molecule has 0 unspecified atom stereocenters. The van der Waals surface area contributed by atoms with Crippen molar-refractivity contribution >= 4 is 35.8 Å². The van der Waals surface area contributed by atoms with Gasteiger partial charge in [-0.15, -0.1) is 24.0 Å². The molecule has 1 saturated heterocycles. The summed E-state index contributed by atoms with van der Waals surface area (Å²) in [7, 11) is 0. The van der Waals surface area contributed by atoms with Gasteiger partial charge in [-0.3, -0.25) is 4.79 Å². The van der Waals surface area contributed by atoms with Gasteiger partial charge in [0.1, 0.15) is 12.4 Å². The molecule has 0 spiro atoms. The lowest BCUT2D eigenvalue weighted by Gasteiger charge is -2.36. The number of carbonyl (C=O) groups excluding carboxylic acids is 1. The van der Waals surface area contributed by atoms with Crippen LogP contribution in [0.5, 0.6) is 5.75 Å². The normalized spacial score (nSPS) is 15.1. The van der Waals surface area contributed by atoms with Gasteiger partial charge < -0.3 is 19.9 Å². The highest BCUT2D eigenvalue weighted by Gasteiger charge is 2.20. The Morgan fingerprint density at radius 2 is 1.82 bits per heavy atom. The van der Waals surface area contributed by atoms with Crippen LogP contribution in [0.2, 0.25) is 0 Å². The van der Waals surface area contributed by atoms with Gasteiger partial charge in [-0.1, -0.05) is 32.9 Å². The number of amides is 1. The lowest BCUT2D eigenvalue weighted by atomic mass is 9.87. The number of hydrogen-bond acceptors (Lipinski definition) is 3. The van der Waals surface area contributed by atoms with Crippen LogP contribution in [0.1, 0.15) is 40.2 Å². The van der Waals surface area contributed by atoms with E-state index in [0.29, 0.717) is 13.2 Å². The van der Waals surface area contributed by atoms with Crippen LogP contribution in [0.15, 0.2) is 29.3 Å². The van der Waals surface area contributed by atoms with E-state index in [1.165, 1.54) is 5.56 Å². The van der Waals surface area contributed by atoms with Crippen molar-refractivity contribution in [2.75, 3.05) is 45.9 Å². The Labute approximate surface area is 186 Å². The van der Waals surface area contributed by atoms with Gasteiger partial charge in [-0.05, 0) is 30.0 Å². The topological polar surface area (TPSA) is 57.2 Å². The van der Waals surface area contributed by atoms with Crippen LogP contribution in [0, 0.1) is 0 Å². The van der Waals surface area contributed by atoms with Crippen LogP contribution in [0.25, 0.3) is 0 Å². The maximum absolute atomic E-state index is 11.5. The molecule has 28 heavy (non-hydrogen) atoms. The van der Waals surface area contributed by atoms with Crippen molar-refractivity contribution in [3.05, 3.63) is 29.8 Å². The average molecular weight is 502 g/mol. The second-order valence-electron chi connectivity index (χ2n) is 7.86. The Hall–Kier alpha value is -1.51. The summed E-state index contributed by atoms with van der Waals surface area (Å²) in [5.41, 5.74) is 1.37. The highest BCUT2D eigenvalue weighted by atomic mass is 127. The zero-order valence-electron chi connectivity index (χ0n) is 17.8. The quantitative estimate of drug-likeness (QED) is 0.291. The molecule has 1 heterocycles. The summed E-state index contributed by atoms with van der Waals surface area (Å²) in [6, 6.07) is 8.27. The molecule has 1 aromatic rings. The third-order valence-corrected chi connectivity index (χ3v) is 4.68. The highest BCUT2D eigenvalue weighted by molar-refractivity contribution is 14.0. The van der Waals surface area contributed by atoms with Gasteiger partial charge in [0.2, 0.25) is 5.91 Å². The Kier molecular flexibility index (Phi) is 10.1. The molecule has 6 nitrogen and oxygen atoms in total. The highest BCUT2D eigenvalue weighted by Crippen LogP contribution is 2.25. The molecule has 0 saturated carbocycles. The van der Waals surface area contributed by atoms with E-state index in [2.05, 4.69) is 50.0 Å². The molecule has 0 aliphatic carbocycles. The first-order valence-electron chi connectivity index (χ1n) is 9.83. The fourth-order valence-electron chi connectivity index (χ4n) is 3.03. The monoisotopic (exact) mass is 502 g/mol. The number of aliphatic imine (C=N–C) groups is 1. The molecule has 158 valence electrons. The molecule has 1 aliphatic rings. The first-order chi connectivity index (χ1) is 12.8. The fraction of sp³-hybridized carbons (Fsp3) is 0.619. The molecule has 1 aliphatic heterocycles. The minimum Gasteiger partial charge on any atom is -0.492 e. The van der Waals surface area contributed by atoms with E-state index < -0.39 is 0 Å². The summed E-state index contributed by atoms with van der Waals surface area (Å²) >= 11 is 0. The van der Waals surface area contributed by atoms with Crippen molar-refractivity contribution in [2.45, 2.75) is 40.0 Å². The zero-order chi connectivity index (χ0) is 19.9. The number of benzene rings is 1. The Balaban J connectivity index is 0.00000392. The van der Waals surface area contributed by atoms with Crippen LogP contribution in [0.4, 0.5) is 0 Å². The van der Waals surface area contributed by atoms with Crippen molar-refractivity contribution in [3.8, 4) is 5.75 Å². The van der Waals surface area contributed by atoms with E-state index in [-0.39, 0.29) is 35.3 Å². The second kappa shape index (κ2) is 11.5. The molecule has 2 rings (SSSR count). The second-order valence-corrected chi connectivity index (χ2v) is 7.86. The van der Waals surface area contributed by atoms with Gasteiger partial charge in [-0.2, -0.15) is 0 Å². The Bertz CT molecular complexity index is 650. The summed E-state index contributed by atoms with van der Waals surface area (Å²) in [5, 5.41) is 3.34. The Morgan fingerprint density at radius 3 is 2.39 bits per heavy atom. The standard InChI is InChI=1S/C21H34N4O2.HI/c1-6-22-20(25-13-11-24(12-14-25)17(2)26)23-10-15-27-19-9-7-8-18(16-19)21(3,4)5;/h7-9,16H,6,10-15H2,1-5H3,(H,22,23);1H. The molecule has 7 heteroatoms. The average Bonchev–Trinajstić information content (AvgIpc) is 2.64. The summed E-state index contributed by atoms with van der Waals surface area (Å²) in [6.45, 7) is 15.3. The van der Waals surface area contributed by atoms with Gasteiger partial charge in [0.25, 0.3) is 0 Å². The number of nitrogens with zero attached hydrogens (tertiary/aromatic N) is 3. The lowest BCUT2D eigenvalue weighted by Crippen LogP contribution is -2.53. The number of ether oxygens (including phenoxy) is 1. The third-order valence-electron chi connectivity index (χ3n) is 4.68. The predicted molar refractivity (Wildman–Crippen MR) is 126 cm³/mol. The van der Waals surface area contributed by atoms with Crippen LogP contribution >= 0.6 is 24.0 Å². The van der Waals surface area contributed by atoms with Gasteiger partial charge in [0, 0.05) is 39.6 Å². The molecular weight excluding hydrogens is 467 g/mol. The number of halogens is 1. The molecule has 0 bridgehead atoms. The number of nitrogens with one attached hydrogen (secondary N) is 1. The minimum absolute atomic E-state index is 0. The van der Waals surface area contributed by atoms with Crippen LogP contribution < -0.4 is 10.1 Å². The maximum Gasteiger partial charge on any atom is 0.219 e. The maximum atomic E-state index is 11.5. The van der Waals surface area contributed by atoms with Crippen LogP contribution in [-0.4, -0.2) is 67.5 Å². The van der Waals surface area contributed by atoms with Gasteiger partial charge in [-0.25, -0.2) is 4.99 Å². The molecule has 1 amide bonds. The Morgan fingerprint density at radius 1 is 1.18 bits per heavy atom. The molecule has 0 aromatic heterocycles. The summed E-state index contributed by atoms with van der Waals surface area (Å²) < 4.78 is 5.90. The number of piperazine rings is 1. The number of carbonyl (C=O) groups is 1. The smallest absolute Gasteiger partial charge is 0.219 e. The summed E-state index contributed by atoms with van der Waals surface area (Å²) in [5.74, 6) is 1.92. The van der Waals surface area contributed by atoms with Crippen molar-refractivity contribution in [1.29, 1.82) is 0 Å². The molecule has 0 radical (unpaired) electrons. The zero-order valence-corrected chi connectivity index (χ0v) is 20.2. The number of guanidine groups is 1. The third kappa shape index (κ3) is 7.48. The molecule has 1 fully saturated rings. The summed E-state index contributed by atoms with van der Waals surface area (Å²) in [4.78, 5) is 20.3. The van der Waals surface area contributed by atoms with Gasteiger partial charge in [0.05, 0.1) is 6.54 Å². The van der Waals surface area contributed by atoms with E-state index in [9.17, 15) is 4.79 Å². The largest absolute Gasteiger partial charge is 0.492 e. The molecule has 1 N–H and O–H groups in total. The fourth-order valence-corrected chi connectivity index (χ4v) is 3.03. The number of rotatable bonds is 5.